The van der Waals surface area contributed by atoms with Crippen LogP contribution in [0.25, 0.3) is 0 Å². The summed E-state index contributed by atoms with van der Waals surface area (Å²) in [6, 6.07) is 0.818. The molecule has 0 aromatic heterocycles. The van der Waals surface area contributed by atoms with Gasteiger partial charge in [-0.05, 0) is 38.6 Å². The average molecular weight is 218 g/mol. The predicted octanol–water partition coefficient (Wildman–Crippen LogP) is 3.52. The summed E-state index contributed by atoms with van der Waals surface area (Å²) in [6.07, 6.45) is 6.59. The lowest BCUT2D eigenvalue weighted by Gasteiger charge is -2.20. The Morgan fingerprint density at radius 3 is 2.43 bits per heavy atom. The second kappa shape index (κ2) is 6.68. The van der Waals surface area contributed by atoms with Crippen molar-refractivity contribution in [3.05, 3.63) is 0 Å². The van der Waals surface area contributed by atoms with Gasteiger partial charge in [-0.15, -0.1) is 11.6 Å². The molecule has 0 aromatic rings. The SMILES string of the molecule is CC1CC(C)N(CCCCCCCl)C1. The number of rotatable bonds is 6. The van der Waals surface area contributed by atoms with Crippen molar-refractivity contribution in [2.45, 2.75) is 52.0 Å². The first-order valence-corrected chi connectivity index (χ1v) is 6.57. The van der Waals surface area contributed by atoms with E-state index in [2.05, 4.69) is 18.7 Å². The van der Waals surface area contributed by atoms with Crippen LogP contribution in [0.5, 0.6) is 0 Å². The summed E-state index contributed by atoms with van der Waals surface area (Å²) in [4.78, 5) is 2.64. The van der Waals surface area contributed by atoms with E-state index >= 15 is 0 Å². The zero-order valence-corrected chi connectivity index (χ0v) is 10.4. The van der Waals surface area contributed by atoms with E-state index in [1.54, 1.807) is 0 Å². The van der Waals surface area contributed by atoms with Gasteiger partial charge < -0.3 is 4.90 Å². The number of unbranched alkanes of at least 4 members (excludes halogenated alkanes) is 3. The lowest BCUT2D eigenvalue weighted by molar-refractivity contribution is 0.259. The van der Waals surface area contributed by atoms with Gasteiger partial charge in [-0.1, -0.05) is 19.8 Å². The smallest absolute Gasteiger partial charge is 0.0223 e. The predicted molar refractivity (Wildman–Crippen MR) is 64.0 cm³/mol. The maximum absolute atomic E-state index is 5.64. The van der Waals surface area contributed by atoms with Crippen molar-refractivity contribution in [3.63, 3.8) is 0 Å². The zero-order valence-electron chi connectivity index (χ0n) is 9.64. The first-order chi connectivity index (χ1) is 6.74. The van der Waals surface area contributed by atoms with Crippen molar-refractivity contribution in [1.29, 1.82) is 0 Å². The Bertz CT molecular complexity index is 149. The first kappa shape index (κ1) is 12.3. The Morgan fingerprint density at radius 1 is 1.14 bits per heavy atom. The minimum Gasteiger partial charge on any atom is -0.300 e. The van der Waals surface area contributed by atoms with Crippen LogP contribution in [0, 0.1) is 5.92 Å². The Hall–Kier alpha value is 0.250. The molecule has 1 nitrogen and oxygen atoms in total. The van der Waals surface area contributed by atoms with Crippen molar-refractivity contribution < 1.29 is 0 Å². The van der Waals surface area contributed by atoms with Crippen LogP contribution in [0.15, 0.2) is 0 Å². The fourth-order valence-corrected chi connectivity index (χ4v) is 2.65. The Kier molecular flexibility index (Phi) is 5.88. The van der Waals surface area contributed by atoms with Crippen LogP contribution in [0.2, 0.25) is 0 Å². The van der Waals surface area contributed by atoms with Crippen LogP contribution in [-0.2, 0) is 0 Å². The van der Waals surface area contributed by atoms with E-state index in [4.69, 9.17) is 11.6 Å². The van der Waals surface area contributed by atoms with Gasteiger partial charge in [-0.3, -0.25) is 0 Å². The van der Waals surface area contributed by atoms with Crippen LogP contribution >= 0.6 is 11.6 Å². The van der Waals surface area contributed by atoms with Crippen molar-refractivity contribution in [1.82, 2.24) is 4.90 Å². The fourth-order valence-electron chi connectivity index (χ4n) is 2.46. The van der Waals surface area contributed by atoms with Crippen molar-refractivity contribution >= 4 is 11.6 Å². The summed E-state index contributed by atoms with van der Waals surface area (Å²) < 4.78 is 0. The lowest BCUT2D eigenvalue weighted by atomic mass is 10.1. The molecule has 0 N–H and O–H groups in total. The molecule has 0 aromatic carbocycles. The van der Waals surface area contributed by atoms with E-state index in [1.165, 1.54) is 45.2 Å². The number of halogens is 1. The highest BCUT2D eigenvalue weighted by molar-refractivity contribution is 6.17. The normalized spacial score (nSPS) is 28.5. The molecular weight excluding hydrogens is 194 g/mol. The standard InChI is InChI=1S/C12H24ClN/c1-11-9-12(2)14(10-11)8-6-4-3-5-7-13/h11-12H,3-10H2,1-2H3. The van der Waals surface area contributed by atoms with Gasteiger partial charge in [0.15, 0.2) is 0 Å². The minimum atomic E-state index is 0.818. The number of likely N-dealkylation sites (tertiary alicyclic amines) is 1. The van der Waals surface area contributed by atoms with E-state index in [-0.39, 0.29) is 0 Å². The molecule has 1 aliphatic heterocycles. The summed E-state index contributed by atoms with van der Waals surface area (Å²) in [5, 5.41) is 0. The molecule has 0 radical (unpaired) electrons. The molecular formula is C12H24ClN. The van der Waals surface area contributed by atoms with Gasteiger partial charge in [0.2, 0.25) is 0 Å². The number of hydrogen-bond donors (Lipinski definition) is 0. The van der Waals surface area contributed by atoms with E-state index < -0.39 is 0 Å². The second-order valence-electron chi connectivity index (χ2n) is 4.79. The highest BCUT2D eigenvalue weighted by Crippen LogP contribution is 2.22. The van der Waals surface area contributed by atoms with E-state index in [0.717, 1.165) is 17.8 Å². The number of hydrogen-bond acceptors (Lipinski definition) is 1. The molecule has 0 amide bonds. The third-order valence-electron chi connectivity index (χ3n) is 3.24. The van der Waals surface area contributed by atoms with Gasteiger partial charge in [0.1, 0.15) is 0 Å². The summed E-state index contributed by atoms with van der Waals surface area (Å²) >= 11 is 5.64. The molecule has 14 heavy (non-hydrogen) atoms. The molecule has 0 bridgehead atoms. The molecule has 0 saturated carbocycles. The monoisotopic (exact) mass is 217 g/mol. The zero-order chi connectivity index (χ0) is 10.4. The van der Waals surface area contributed by atoms with Crippen molar-refractivity contribution in [2.24, 2.45) is 5.92 Å². The molecule has 2 atom stereocenters. The largest absolute Gasteiger partial charge is 0.300 e. The number of alkyl halides is 1. The van der Waals surface area contributed by atoms with Gasteiger partial charge in [-0.25, -0.2) is 0 Å². The highest BCUT2D eigenvalue weighted by atomic mass is 35.5. The third-order valence-corrected chi connectivity index (χ3v) is 3.51. The second-order valence-corrected chi connectivity index (χ2v) is 5.17. The molecule has 84 valence electrons. The highest BCUT2D eigenvalue weighted by Gasteiger charge is 2.24. The molecule has 0 aliphatic carbocycles. The van der Waals surface area contributed by atoms with Crippen molar-refractivity contribution in [2.75, 3.05) is 19.0 Å². The molecule has 1 aliphatic rings. The van der Waals surface area contributed by atoms with Gasteiger partial charge in [0.05, 0.1) is 0 Å². The van der Waals surface area contributed by atoms with Crippen LogP contribution < -0.4 is 0 Å². The summed E-state index contributed by atoms with van der Waals surface area (Å²) in [5.74, 6) is 1.74. The fraction of sp³-hybridized carbons (Fsp3) is 1.00. The lowest BCUT2D eigenvalue weighted by Crippen LogP contribution is -2.28. The van der Waals surface area contributed by atoms with E-state index in [9.17, 15) is 0 Å². The summed E-state index contributed by atoms with van der Waals surface area (Å²) in [6.45, 7) is 7.34. The summed E-state index contributed by atoms with van der Waals surface area (Å²) in [5.41, 5.74) is 0. The Balaban J connectivity index is 2.01. The summed E-state index contributed by atoms with van der Waals surface area (Å²) in [7, 11) is 0. The van der Waals surface area contributed by atoms with E-state index in [0.29, 0.717) is 0 Å². The van der Waals surface area contributed by atoms with Crippen LogP contribution in [0.3, 0.4) is 0 Å². The minimum absolute atomic E-state index is 0.818. The third kappa shape index (κ3) is 4.18. The topological polar surface area (TPSA) is 3.24 Å². The van der Waals surface area contributed by atoms with Gasteiger partial charge in [-0.2, -0.15) is 0 Å². The Labute approximate surface area is 93.8 Å². The maximum Gasteiger partial charge on any atom is 0.0223 e. The van der Waals surface area contributed by atoms with Crippen LogP contribution in [0.4, 0.5) is 0 Å². The number of nitrogens with zero attached hydrogens (tertiary/aromatic N) is 1. The van der Waals surface area contributed by atoms with E-state index in [1.807, 2.05) is 0 Å². The molecule has 1 rings (SSSR count). The molecule has 2 heteroatoms. The Morgan fingerprint density at radius 2 is 1.86 bits per heavy atom. The molecule has 2 unspecified atom stereocenters. The molecule has 1 heterocycles. The van der Waals surface area contributed by atoms with Gasteiger partial charge in [0.25, 0.3) is 0 Å². The van der Waals surface area contributed by atoms with Crippen LogP contribution in [0.1, 0.15) is 46.0 Å². The maximum atomic E-state index is 5.64. The van der Waals surface area contributed by atoms with Gasteiger partial charge >= 0.3 is 0 Å². The van der Waals surface area contributed by atoms with Gasteiger partial charge in [0, 0.05) is 18.5 Å². The van der Waals surface area contributed by atoms with Crippen molar-refractivity contribution in [3.8, 4) is 0 Å². The first-order valence-electron chi connectivity index (χ1n) is 6.04. The molecule has 0 spiro atoms. The molecule has 1 saturated heterocycles. The molecule has 1 fully saturated rings. The van der Waals surface area contributed by atoms with Crippen LogP contribution in [-0.4, -0.2) is 29.9 Å². The quantitative estimate of drug-likeness (QED) is 0.486. The average Bonchev–Trinajstić information content (AvgIpc) is 2.45.